The molecule has 132 valence electrons. The molecule has 1 aliphatic rings. The smallest absolute Gasteiger partial charge is 0.338 e. The van der Waals surface area contributed by atoms with Crippen molar-refractivity contribution in [3.63, 3.8) is 0 Å². The minimum atomic E-state index is -1.30. The van der Waals surface area contributed by atoms with Crippen LogP contribution in [0.15, 0.2) is 30.3 Å². The molecule has 0 unspecified atom stereocenters. The molecule has 1 aromatic rings. The van der Waals surface area contributed by atoms with Crippen LogP contribution in [0.2, 0.25) is 0 Å². The highest BCUT2D eigenvalue weighted by Gasteiger charge is 2.59. The lowest BCUT2D eigenvalue weighted by molar-refractivity contribution is -0.190. The molecule has 2 atom stereocenters. The third-order valence-electron chi connectivity index (χ3n) is 4.50. The summed E-state index contributed by atoms with van der Waals surface area (Å²) in [4.78, 5) is 27.3. The number of likely N-dealkylation sites (tertiary alicyclic amines) is 1. The first-order valence-corrected chi connectivity index (χ1v) is 8.71. The van der Waals surface area contributed by atoms with Crippen molar-refractivity contribution in [2.45, 2.75) is 58.2 Å². The first-order valence-electron chi connectivity index (χ1n) is 8.71. The Kier molecular flexibility index (Phi) is 6.37. The second kappa shape index (κ2) is 8.29. The van der Waals surface area contributed by atoms with Crippen LogP contribution in [0, 0.1) is 0 Å². The van der Waals surface area contributed by atoms with E-state index in [2.05, 4.69) is 0 Å². The second-order valence-electron chi connectivity index (χ2n) is 6.28. The molecule has 0 aliphatic carbocycles. The molecule has 0 saturated carbocycles. The molecule has 0 spiro atoms. The summed E-state index contributed by atoms with van der Waals surface area (Å²) >= 11 is 0. The molecule has 0 amide bonds. The SMILES string of the molecule is CCCOC(=O)[C@]1(C(=O)O[C@@H](C)CC)CCN1Cc1ccccc1. The normalized spacial score (nSPS) is 21.6. The summed E-state index contributed by atoms with van der Waals surface area (Å²) < 4.78 is 10.8. The number of esters is 2. The van der Waals surface area contributed by atoms with Gasteiger partial charge in [-0.25, -0.2) is 9.59 Å². The molecule has 1 heterocycles. The van der Waals surface area contributed by atoms with Crippen molar-refractivity contribution in [1.82, 2.24) is 4.90 Å². The van der Waals surface area contributed by atoms with Gasteiger partial charge in [0.15, 0.2) is 0 Å². The lowest BCUT2D eigenvalue weighted by Gasteiger charge is -2.48. The van der Waals surface area contributed by atoms with Gasteiger partial charge in [-0.2, -0.15) is 0 Å². The molecule has 2 rings (SSSR count). The zero-order chi connectivity index (χ0) is 17.6. The summed E-state index contributed by atoms with van der Waals surface area (Å²) in [5, 5.41) is 0. The fourth-order valence-corrected chi connectivity index (χ4v) is 2.73. The maximum Gasteiger partial charge on any atom is 0.338 e. The van der Waals surface area contributed by atoms with E-state index in [9.17, 15) is 9.59 Å². The van der Waals surface area contributed by atoms with Crippen LogP contribution in [0.4, 0.5) is 0 Å². The Morgan fingerprint density at radius 2 is 1.92 bits per heavy atom. The van der Waals surface area contributed by atoms with Crippen LogP contribution in [0.5, 0.6) is 0 Å². The molecule has 0 radical (unpaired) electrons. The first-order chi connectivity index (χ1) is 11.5. The van der Waals surface area contributed by atoms with E-state index in [4.69, 9.17) is 9.47 Å². The molecule has 1 aliphatic heterocycles. The van der Waals surface area contributed by atoms with Gasteiger partial charge in [0.1, 0.15) is 0 Å². The van der Waals surface area contributed by atoms with Gasteiger partial charge in [0.2, 0.25) is 5.54 Å². The zero-order valence-electron chi connectivity index (χ0n) is 14.8. The largest absolute Gasteiger partial charge is 0.464 e. The summed E-state index contributed by atoms with van der Waals surface area (Å²) in [5.74, 6) is -0.972. The average Bonchev–Trinajstić information content (AvgIpc) is 2.58. The van der Waals surface area contributed by atoms with Crippen molar-refractivity contribution < 1.29 is 19.1 Å². The molecule has 5 nitrogen and oxygen atoms in total. The Hall–Kier alpha value is -1.88. The predicted octanol–water partition coefficient (Wildman–Crippen LogP) is 2.93. The number of hydrogen-bond donors (Lipinski definition) is 0. The van der Waals surface area contributed by atoms with Crippen molar-refractivity contribution in [3.05, 3.63) is 35.9 Å². The molecule has 1 aromatic carbocycles. The van der Waals surface area contributed by atoms with Crippen LogP contribution < -0.4 is 0 Å². The molecule has 24 heavy (non-hydrogen) atoms. The highest BCUT2D eigenvalue weighted by molar-refractivity contribution is 6.06. The lowest BCUT2D eigenvalue weighted by Crippen LogP contribution is -2.69. The van der Waals surface area contributed by atoms with E-state index < -0.39 is 17.5 Å². The standard InChI is InChI=1S/C19H27NO4/c1-4-13-23-17(21)19(18(22)24-15(3)5-2)11-12-20(19)14-16-9-7-6-8-10-16/h6-10,15H,4-5,11-14H2,1-3H3/t15-,19-/m0/s1. The third-order valence-corrected chi connectivity index (χ3v) is 4.50. The van der Waals surface area contributed by atoms with Crippen LogP contribution in [0.1, 0.15) is 45.6 Å². The number of ether oxygens (including phenoxy) is 2. The van der Waals surface area contributed by atoms with Gasteiger partial charge in [0.25, 0.3) is 0 Å². The van der Waals surface area contributed by atoms with Crippen LogP contribution in [0.3, 0.4) is 0 Å². The maximum atomic E-state index is 12.8. The second-order valence-corrected chi connectivity index (χ2v) is 6.28. The molecule has 1 fully saturated rings. The van der Waals surface area contributed by atoms with Crippen LogP contribution in [-0.2, 0) is 25.6 Å². The van der Waals surface area contributed by atoms with Gasteiger partial charge in [-0.15, -0.1) is 0 Å². The van der Waals surface area contributed by atoms with Gasteiger partial charge in [-0.1, -0.05) is 44.2 Å². The zero-order valence-corrected chi connectivity index (χ0v) is 14.8. The van der Waals surface area contributed by atoms with E-state index in [-0.39, 0.29) is 6.10 Å². The van der Waals surface area contributed by atoms with E-state index in [1.807, 2.05) is 56.0 Å². The number of carbonyl (C=O) groups is 2. The Morgan fingerprint density at radius 3 is 2.46 bits per heavy atom. The number of rotatable bonds is 8. The van der Waals surface area contributed by atoms with Crippen molar-refractivity contribution in [2.75, 3.05) is 13.2 Å². The Balaban J connectivity index is 2.19. The minimum absolute atomic E-state index is 0.215. The quantitative estimate of drug-likeness (QED) is 0.541. The summed E-state index contributed by atoms with van der Waals surface area (Å²) in [6.45, 7) is 7.23. The van der Waals surface area contributed by atoms with Crippen molar-refractivity contribution in [2.24, 2.45) is 0 Å². The molecular weight excluding hydrogens is 306 g/mol. The van der Waals surface area contributed by atoms with E-state index in [0.29, 0.717) is 32.5 Å². The predicted molar refractivity (Wildman–Crippen MR) is 91.3 cm³/mol. The number of nitrogens with zero attached hydrogens (tertiary/aromatic N) is 1. The fraction of sp³-hybridized carbons (Fsp3) is 0.579. The van der Waals surface area contributed by atoms with Crippen molar-refractivity contribution in [1.29, 1.82) is 0 Å². The monoisotopic (exact) mass is 333 g/mol. The third kappa shape index (κ3) is 3.78. The molecule has 5 heteroatoms. The average molecular weight is 333 g/mol. The van der Waals surface area contributed by atoms with Gasteiger partial charge >= 0.3 is 11.9 Å². The van der Waals surface area contributed by atoms with Gasteiger partial charge < -0.3 is 9.47 Å². The minimum Gasteiger partial charge on any atom is -0.464 e. The van der Waals surface area contributed by atoms with Gasteiger partial charge in [0, 0.05) is 19.5 Å². The summed E-state index contributed by atoms with van der Waals surface area (Å²) in [7, 11) is 0. The van der Waals surface area contributed by atoms with Crippen molar-refractivity contribution >= 4 is 11.9 Å². The van der Waals surface area contributed by atoms with E-state index in [1.165, 1.54) is 0 Å². The molecule has 0 bridgehead atoms. The van der Waals surface area contributed by atoms with Crippen LogP contribution >= 0.6 is 0 Å². The van der Waals surface area contributed by atoms with E-state index in [1.54, 1.807) is 0 Å². The van der Waals surface area contributed by atoms with E-state index in [0.717, 1.165) is 12.0 Å². The summed E-state index contributed by atoms with van der Waals surface area (Å²) in [6.07, 6.45) is 1.66. The number of carbonyl (C=O) groups excluding carboxylic acids is 2. The maximum absolute atomic E-state index is 12.8. The molecule has 0 N–H and O–H groups in total. The Bertz CT molecular complexity index is 560. The highest BCUT2D eigenvalue weighted by Crippen LogP contribution is 2.35. The summed E-state index contributed by atoms with van der Waals surface area (Å²) in [5.41, 5.74) is -0.241. The van der Waals surface area contributed by atoms with Crippen LogP contribution in [0.25, 0.3) is 0 Å². The van der Waals surface area contributed by atoms with E-state index >= 15 is 0 Å². The number of hydrogen-bond acceptors (Lipinski definition) is 5. The topological polar surface area (TPSA) is 55.8 Å². The van der Waals surface area contributed by atoms with Gasteiger partial charge in [-0.3, -0.25) is 4.90 Å². The van der Waals surface area contributed by atoms with Gasteiger partial charge in [0.05, 0.1) is 12.7 Å². The number of benzene rings is 1. The molecule has 0 aromatic heterocycles. The first kappa shape index (κ1) is 18.5. The van der Waals surface area contributed by atoms with Crippen LogP contribution in [-0.4, -0.2) is 41.6 Å². The molecular formula is C19H27NO4. The van der Waals surface area contributed by atoms with Gasteiger partial charge in [-0.05, 0) is 25.3 Å². The fourth-order valence-electron chi connectivity index (χ4n) is 2.73. The lowest BCUT2D eigenvalue weighted by atomic mass is 9.83. The summed E-state index contributed by atoms with van der Waals surface area (Å²) in [6, 6.07) is 9.81. The Morgan fingerprint density at radius 1 is 1.21 bits per heavy atom. The molecule has 1 saturated heterocycles. The Labute approximate surface area is 143 Å². The highest BCUT2D eigenvalue weighted by atomic mass is 16.6. The van der Waals surface area contributed by atoms with Crippen molar-refractivity contribution in [3.8, 4) is 0 Å².